The molecule has 0 aliphatic heterocycles. The first-order valence-corrected chi connectivity index (χ1v) is 8.57. The summed E-state index contributed by atoms with van der Waals surface area (Å²) in [5, 5.41) is 3.01. The van der Waals surface area contributed by atoms with Crippen LogP contribution < -0.4 is 10.1 Å². The first kappa shape index (κ1) is 18.3. The van der Waals surface area contributed by atoms with Gasteiger partial charge in [-0.15, -0.1) is 0 Å². The molecule has 1 fully saturated rings. The van der Waals surface area contributed by atoms with Gasteiger partial charge in [0.05, 0.1) is 20.1 Å². The van der Waals surface area contributed by atoms with Crippen molar-refractivity contribution in [3.8, 4) is 5.75 Å². The molecule has 1 atom stereocenters. The Labute approximate surface area is 143 Å². The lowest BCUT2D eigenvalue weighted by Gasteiger charge is -2.32. The van der Waals surface area contributed by atoms with Crippen LogP contribution in [0.5, 0.6) is 5.75 Å². The molecule has 24 heavy (non-hydrogen) atoms. The molecule has 0 saturated heterocycles. The van der Waals surface area contributed by atoms with E-state index in [0.717, 1.165) is 37.0 Å². The number of esters is 1. The Balaban J connectivity index is 2.15. The van der Waals surface area contributed by atoms with Crippen LogP contribution in [0.2, 0.25) is 0 Å². The van der Waals surface area contributed by atoms with Crippen molar-refractivity contribution in [1.82, 2.24) is 5.32 Å². The maximum Gasteiger partial charge on any atom is 0.331 e. The Morgan fingerprint density at radius 3 is 2.12 bits per heavy atom. The Bertz CT molecular complexity index is 559. The van der Waals surface area contributed by atoms with E-state index >= 15 is 0 Å². The number of carbonyl (C=O) groups is 2. The van der Waals surface area contributed by atoms with Crippen molar-refractivity contribution in [2.45, 2.75) is 56.9 Å². The third-order valence-electron chi connectivity index (χ3n) is 4.90. The van der Waals surface area contributed by atoms with E-state index in [1.807, 2.05) is 31.2 Å². The number of amides is 1. The predicted octanol–water partition coefficient (Wildman–Crippen LogP) is 3.18. The highest BCUT2D eigenvalue weighted by Crippen LogP contribution is 2.30. The molecule has 0 heterocycles. The fourth-order valence-corrected chi connectivity index (χ4v) is 3.30. The molecule has 1 saturated carbocycles. The lowest BCUT2D eigenvalue weighted by Crippen LogP contribution is -2.55. The summed E-state index contributed by atoms with van der Waals surface area (Å²) in [5.41, 5.74) is 0.00483. The summed E-state index contributed by atoms with van der Waals surface area (Å²) >= 11 is 0. The molecule has 1 N–H and O–H groups in total. The van der Waals surface area contributed by atoms with Crippen LogP contribution in [0.1, 0.15) is 56.9 Å². The molecule has 5 heteroatoms. The molecular formula is C19H27NO4. The van der Waals surface area contributed by atoms with E-state index in [-0.39, 0.29) is 17.8 Å². The Kier molecular flexibility index (Phi) is 6.23. The minimum atomic E-state index is -0.886. The van der Waals surface area contributed by atoms with Gasteiger partial charge in [0, 0.05) is 0 Å². The third kappa shape index (κ3) is 4.08. The average molecular weight is 333 g/mol. The second kappa shape index (κ2) is 8.18. The van der Waals surface area contributed by atoms with Crippen molar-refractivity contribution in [2.24, 2.45) is 0 Å². The molecule has 0 spiro atoms. The molecule has 0 bridgehead atoms. The van der Waals surface area contributed by atoms with Crippen LogP contribution >= 0.6 is 0 Å². The molecule has 0 aromatic heterocycles. The van der Waals surface area contributed by atoms with E-state index in [1.54, 1.807) is 7.11 Å². The van der Waals surface area contributed by atoms with Gasteiger partial charge in [0.1, 0.15) is 11.3 Å². The Hall–Kier alpha value is -2.04. The number of methoxy groups -OCH3 is 2. The average Bonchev–Trinajstić information content (AvgIpc) is 2.86. The largest absolute Gasteiger partial charge is 0.497 e. The van der Waals surface area contributed by atoms with E-state index in [0.29, 0.717) is 12.8 Å². The van der Waals surface area contributed by atoms with Crippen molar-refractivity contribution in [3.63, 3.8) is 0 Å². The second-order valence-corrected chi connectivity index (χ2v) is 6.47. The van der Waals surface area contributed by atoms with Gasteiger partial charge in [0.15, 0.2) is 0 Å². The van der Waals surface area contributed by atoms with E-state index < -0.39 is 5.54 Å². The molecule has 5 nitrogen and oxygen atoms in total. The lowest BCUT2D eigenvalue weighted by molar-refractivity contribution is -0.152. The number of benzene rings is 1. The fourth-order valence-electron chi connectivity index (χ4n) is 3.30. The lowest BCUT2D eigenvalue weighted by atomic mass is 9.88. The second-order valence-electron chi connectivity index (χ2n) is 6.47. The SMILES string of the molecule is COC(=O)C1(NC(=O)C(C)c2ccc(OC)cc2)CCCCCC1. The van der Waals surface area contributed by atoms with Gasteiger partial charge in [-0.2, -0.15) is 0 Å². The highest BCUT2D eigenvalue weighted by Gasteiger charge is 2.41. The van der Waals surface area contributed by atoms with Crippen molar-refractivity contribution >= 4 is 11.9 Å². The van der Waals surface area contributed by atoms with Gasteiger partial charge in [-0.3, -0.25) is 4.79 Å². The first-order chi connectivity index (χ1) is 11.5. The molecule has 1 aromatic rings. The highest BCUT2D eigenvalue weighted by atomic mass is 16.5. The van der Waals surface area contributed by atoms with Crippen LogP contribution in [0, 0.1) is 0 Å². The highest BCUT2D eigenvalue weighted by molar-refractivity contribution is 5.91. The number of rotatable bonds is 5. The van der Waals surface area contributed by atoms with Crippen LogP contribution in [-0.4, -0.2) is 31.6 Å². The van der Waals surface area contributed by atoms with E-state index in [2.05, 4.69) is 5.32 Å². The van der Waals surface area contributed by atoms with Gasteiger partial charge in [0.25, 0.3) is 0 Å². The number of hydrogen-bond acceptors (Lipinski definition) is 4. The predicted molar refractivity (Wildman–Crippen MR) is 92.0 cm³/mol. The summed E-state index contributed by atoms with van der Waals surface area (Å²) in [5.74, 6) is -0.0750. The molecule has 1 unspecified atom stereocenters. The van der Waals surface area contributed by atoms with Crippen LogP contribution in [0.25, 0.3) is 0 Å². The summed E-state index contributed by atoms with van der Waals surface area (Å²) in [6.07, 6.45) is 5.30. The fraction of sp³-hybridized carbons (Fsp3) is 0.579. The zero-order valence-corrected chi connectivity index (χ0v) is 14.8. The smallest absolute Gasteiger partial charge is 0.331 e. The van der Waals surface area contributed by atoms with E-state index in [4.69, 9.17) is 9.47 Å². The van der Waals surface area contributed by atoms with Crippen LogP contribution in [0.3, 0.4) is 0 Å². The Morgan fingerprint density at radius 2 is 1.62 bits per heavy atom. The molecule has 1 aliphatic rings. The number of ether oxygens (including phenoxy) is 2. The maximum atomic E-state index is 12.8. The van der Waals surface area contributed by atoms with E-state index in [1.165, 1.54) is 7.11 Å². The van der Waals surface area contributed by atoms with Crippen LogP contribution in [0.4, 0.5) is 0 Å². The molecule has 132 valence electrons. The zero-order chi connectivity index (χ0) is 17.6. The number of hydrogen-bond donors (Lipinski definition) is 1. The summed E-state index contributed by atoms with van der Waals surface area (Å²) in [7, 11) is 2.99. The quantitative estimate of drug-likeness (QED) is 0.664. The summed E-state index contributed by atoms with van der Waals surface area (Å²) in [4.78, 5) is 25.1. The normalized spacial score (nSPS) is 18.1. The summed E-state index contributed by atoms with van der Waals surface area (Å²) in [6.45, 7) is 1.85. The van der Waals surface area contributed by atoms with Gasteiger partial charge < -0.3 is 14.8 Å². The third-order valence-corrected chi connectivity index (χ3v) is 4.90. The molecule has 0 radical (unpaired) electrons. The number of nitrogens with one attached hydrogen (secondary N) is 1. The first-order valence-electron chi connectivity index (χ1n) is 8.57. The van der Waals surface area contributed by atoms with Crippen molar-refractivity contribution in [3.05, 3.63) is 29.8 Å². The van der Waals surface area contributed by atoms with Gasteiger partial charge in [0.2, 0.25) is 5.91 Å². The minimum Gasteiger partial charge on any atom is -0.497 e. The summed E-state index contributed by atoms with van der Waals surface area (Å²) in [6, 6.07) is 7.42. The molecular weight excluding hydrogens is 306 g/mol. The molecule has 1 amide bonds. The van der Waals surface area contributed by atoms with E-state index in [9.17, 15) is 9.59 Å². The van der Waals surface area contributed by atoms with Crippen molar-refractivity contribution in [1.29, 1.82) is 0 Å². The molecule has 1 aliphatic carbocycles. The van der Waals surface area contributed by atoms with Gasteiger partial charge >= 0.3 is 5.97 Å². The van der Waals surface area contributed by atoms with Gasteiger partial charge in [-0.25, -0.2) is 4.79 Å². The van der Waals surface area contributed by atoms with Crippen molar-refractivity contribution in [2.75, 3.05) is 14.2 Å². The number of carbonyl (C=O) groups excluding carboxylic acids is 2. The van der Waals surface area contributed by atoms with Gasteiger partial charge in [-0.05, 0) is 37.5 Å². The zero-order valence-electron chi connectivity index (χ0n) is 14.8. The Morgan fingerprint density at radius 1 is 1.04 bits per heavy atom. The molecule has 1 aromatic carbocycles. The topological polar surface area (TPSA) is 64.6 Å². The summed E-state index contributed by atoms with van der Waals surface area (Å²) < 4.78 is 10.1. The van der Waals surface area contributed by atoms with Gasteiger partial charge in [-0.1, -0.05) is 37.8 Å². The standard InChI is InChI=1S/C19H27NO4/c1-14(15-8-10-16(23-2)11-9-15)17(21)20-19(18(22)24-3)12-6-4-5-7-13-19/h8-11,14H,4-7,12-13H2,1-3H3,(H,20,21). The van der Waals surface area contributed by atoms with Crippen molar-refractivity contribution < 1.29 is 19.1 Å². The molecule has 2 rings (SSSR count). The maximum absolute atomic E-state index is 12.8. The minimum absolute atomic E-state index is 0.146. The van der Waals surface area contributed by atoms with Crippen LogP contribution in [0.15, 0.2) is 24.3 Å². The monoisotopic (exact) mass is 333 g/mol. The van der Waals surface area contributed by atoms with Crippen LogP contribution in [-0.2, 0) is 14.3 Å².